The molecule has 0 aromatic heterocycles. The van der Waals surface area contributed by atoms with Crippen LogP contribution in [0, 0.1) is 0 Å². The number of hydrogen-bond donors (Lipinski definition) is 2. The third-order valence-electron chi connectivity index (χ3n) is 5.57. The zero-order chi connectivity index (χ0) is 21.6. The van der Waals surface area contributed by atoms with Gasteiger partial charge < -0.3 is 0 Å². The summed E-state index contributed by atoms with van der Waals surface area (Å²) in [6.07, 6.45) is 1.51. The van der Waals surface area contributed by atoms with Gasteiger partial charge in [0.1, 0.15) is 0 Å². The molecule has 5 rings (SSSR count). The first kappa shape index (κ1) is 19.8. The van der Waals surface area contributed by atoms with Crippen molar-refractivity contribution in [1.82, 2.24) is 0 Å². The van der Waals surface area contributed by atoms with Gasteiger partial charge in [-0.25, -0.2) is 0 Å². The van der Waals surface area contributed by atoms with Gasteiger partial charge in [-0.1, -0.05) is 84.9 Å². The second-order valence-electron chi connectivity index (χ2n) is 7.74. The molecular formula is C28H24N4. The Morgan fingerprint density at radius 3 is 1.25 bits per heavy atom. The molecule has 0 bridgehead atoms. The third-order valence-corrected chi connectivity index (χ3v) is 5.57. The number of rotatable bonds is 4. The van der Waals surface area contributed by atoms with Crippen LogP contribution in [-0.2, 0) is 12.8 Å². The van der Waals surface area contributed by atoms with E-state index in [9.17, 15) is 0 Å². The van der Waals surface area contributed by atoms with Gasteiger partial charge >= 0.3 is 0 Å². The van der Waals surface area contributed by atoms with Gasteiger partial charge in [0.05, 0.1) is 22.8 Å². The normalized spacial score (nSPS) is 15.4. The quantitative estimate of drug-likeness (QED) is 0.394. The minimum atomic E-state index is 0.756. The fourth-order valence-electron chi connectivity index (χ4n) is 3.93. The van der Waals surface area contributed by atoms with E-state index in [1.54, 1.807) is 0 Å². The largest absolute Gasteiger partial charge is 0.278 e. The number of anilines is 2. The van der Waals surface area contributed by atoms with E-state index < -0.39 is 0 Å². The molecule has 4 heteroatoms. The van der Waals surface area contributed by atoms with E-state index in [1.165, 1.54) is 11.1 Å². The Hall–Kier alpha value is -4.18. The molecule has 1 aliphatic carbocycles. The van der Waals surface area contributed by atoms with E-state index in [-0.39, 0.29) is 0 Å². The summed E-state index contributed by atoms with van der Waals surface area (Å²) in [7, 11) is 0. The lowest BCUT2D eigenvalue weighted by Gasteiger charge is -2.20. The molecule has 0 amide bonds. The van der Waals surface area contributed by atoms with Crippen molar-refractivity contribution < 1.29 is 0 Å². The van der Waals surface area contributed by atoms with Gasteiger partial charge in [-0.05, 0) is 35.4 Å². The Labute approximate surface area is 188 Å². The smallest absolute Gasteiger partial charge is 0.0729 e. The Morgan fingerprint density at radius 2 is 0.812 bits per heavy atom. The van der Waals surface area contributed by atoms with Gasteiger partial charge in [0, 0.05) is 24.0 Å². The lowest BCUT2D eigenvalue weighted by atomic mass is 9.87. The number of hydrazone groups is 2. The number of para-hydroxylation sites is 2. The lowest BCUT2D eigenvalue weighted by molar-refractivity contribution is 1.15. The van der Waals surface area contributed by atoms with E-state index in [4.69, 9.17) is 10.2 Å². The summed E-state index contributed by atoms with van der Waals surface area (Å²) in [6, 6.07) is 37.0. The molecule has 0 heterocycles. The van der Waals surface area contributed by atoms with Gasteiger partial charge in [-0.3, -0.25) is 10.9 Å². The molecule has 0 radical (unpaired) electrons. The van der Waals surface area contributed by atoms with Crippen LogP contribution >= 0.6 is 0 Å². The molecule has 4 nitrogen and oxygen atoms in total. The molecule has 0 fully saturated rings. The summed E-state index contributed by atoms with van der Waals surface area (Å²) >= 11 is 0. The Kier molecular flexibility index (Phi) is 5.75. The zero-order valence-electron chi connectivity index (χ0n) is 17.7. The van der Waals surface area contributed by atoms with Crippen molar-refractivity contribution in [2.75, 3.05) is 10.9 Å². The monoisotopic (exact) mass is 416 g/mol. The average Bonchev–Trinajstić information content (AvgIpc) is 2.85. The maximum absolute atomic E-state index is 4.84. The van der Waals surface area contributed by atoms with Crippen molar-refractivity contribution in [2.24, 2.45) is 10.2 Å². The Balaban J connectivity index is 1.59. The second kappa shape index (κ2) is 9.31. The van der Waals surface area contributed by atoms with Gasteiger partial charge in [-0.15, -0.1) is 0 Å². The lowest BCUT2D eigenvalue weighted by Crippen LogP contribution is -2.21. The van der Waals surface area contributed by atoms with Crippen LogP contribution in [0.15, 0.2) is 119 Å². The van der Waals surface area contributed by atoms with Crippen LogP contribution in [0.4, 0.5) is 11.4 Å². The summed E-state index contributed by atoms with van der Waals surface area (Å²) in [5.41, 5.74) is 15.1. The van der Waals surface area contributed by atoms with Crippen molar-refractivity contribution in [2.45, 2.75) is 12.8 Å². The van der Waals surface area contributed by atoms with E-state index in [0.29, 0.717) is 0 Å². The van der Waals surface area contributed by atoms with Crippen molar-refractivity contribution in [3.8, 4) is 0 Å². The molecule has 32 heavy (non-hydrogen) atoms. The Bertz CT molecular complexity index is 1160. The van der Waals surface area contributed by atoms with Crippen LogP contribution in [-0.4, -0.2) is 11.4 Å². The van der Waals surface area contributed by atoms with E-state index in [2.05, 4.69) is 59.4 Å². The number of nitrogens with zero attached hydrogens (tertiary/aromatic N) is 2. The molecular weight excluding hydrogens is 392 g/mol. The predicted molar refractivity (Wildman–Crippen MR) is 133 cm³/mol. The topological polar surface area (TPSA) is 48.8 Å². The molecule has 0 aliphatic heterocycles. The molecule has 4 aromatic carbocycles. The minimum absolute atomic E-state index is 0.756. The highest BCUT2D eigenvalue weighted by Gasteiger charge is 2.20. The summed E-state index contributed by atoms with van der Waals surface area (Å²) in [4.78, 5) is 0. The summed E-state index contributed by atoms with van der Waals surface area (Å²) in [5.74, 6) is 0. The van der Waals surface area contributed by atoms with Crippen LogP contribution < -0.4 is 10.9 Å². The number of benzene rings is 4. The fraction of sp³-hybridized carbons (Fsp3) is 0.0714. The zero-order valence-corrected chi connectivity index (χ0v) is 17.7. The van der Waals surface area contributed by atoms with Crippen molar-refractivity contribution >= 4 is 22.8 Å². The molecule has 0 atom stereocenters. The van der Waals surface area contributed by atoms with Crippen molar-refractivity contribution in [1.29, 1.82) is 0 Å². The van der Waals surface area contributed by atoms with Crippen LogP contribution in [0.25, 0.3) is 0 Å². The highest BCUT2D eigenvalue weighted by atomic mass is 15.3. The third kappa shape index (κ3) is 4.44. The van der Waals surface area contributed by atoms with Crippen LogP contribution in [0.3, 0.4) is 0 Å². The highest BCUT2D eigenvalue weighted by molar-refractivity contribution is 6.15. The van der Waals surface area contributed by atoms with Crippen LogP contribution in [0.5, 0.6) is 0 Å². The molecule has 4 aromatic rings. The molecule has 156 valence electrons. The number of nitrogens with one attached hydrogen (secondary N) is 2. The highest BCUT2D eigenvalue weighted by Crippen LogP contribution is 2.24. The van der Waals surface area contributed by atoms with Gasteiger partial charge in [0.2, 0.25) is 0 Å². The standard InChI is InChI=1S/C28H24N4/c1-3-13-23(14-4-1)29-31-27-19-21-11-7-8-12-22(21)20-28(26-18-10-9-17-25(26)27)32-30-24-15-5-2-6-16-24/h1-18,29-30H,19-20H2/b31-27+,32-28+. The predicted octanol–water partition coefficient (Wildman–Crippen LogP) is 6.12. The summed E-state index contributed by atoms with van der Waals surface area (Å²) in [5, 5.41) is 9.68. The summed E-state index contributed by atoms with van der Waals surface area (Å²) in [6.45, 7) is 0. The molecule has 2 N–H and O–H groups in total. The average molecular weight is 417 g/mol. The second-order valence-corrected chi connectivity index (χ2v) is 7.74. The van der Waals surface area contributed by atoms with Crippen LogP contribution in [0.2, 0.25) is 0 Å². The maximum Gasteiger partial charge on any atom is 0.0729 e. The van der Waals surface area contributed by atoms with Crippen LogP contribution in [0.1, 0.15) is 22.3 Å². The Morgan fingerprint density at radius 1 is 0.438 bits per heavy atom. The molecule has 0 saturated heterocycles. The van der Waals surface area contributed by atoms with Crippen molar-refractivity contribution in [3.05, 3.63) is 131 Å². The van der Waals surface area contributed by atoms with Gasteiger partial charge in [0.25, 0.3) is 0 Å². The fourth-order valence-corrected chi connectivity index (χ4v) is 3.93. The molecule has 0 spiro atoms. The van der Waals surface area contributed by atoms with Gasteiger partial charge in [0.15, 0.2) is 0 Å². The van der Waals surface area contributed by atoms with Gasteiger partial charge in [-0.2, -0.15) is 10.2 Å². The summed E-state index contributed by atoms with van der Waals surface area (Å²) < 4.78 is 0. The first-order chi connectivity index (χ1) is 15.9. The van der Waals surface area contributed by atoms with Crippen molar-refractivity contribution in [3.63, 3.8) is 0 Å². The van der Waals surface area contributed by atoms with E-state index in [0.717, 1.165) is 46.8 Å². The SMILES string of the molecule is c1ccc(N/N=C2\Cc3ccccc3C/C(=N\Nc3ccccc3)c3ccccc32)cc1. The molecule has 0 saturated carbocycles. The first-order valence-electron chi connectivity index (χ1n) is 10.8. The number of fused-ring (bicyclic) bond motifs is 2. The van der Waals surface area contributed by atoms with E-state index >= 15 is 0 Å². The minimum Gasteiger partial charge on any atom is -0.278 e. The molecule has 0 unspecified atom stereocenters. The first-order valence-corrected chi connectivity index (χ1v) is 10.8. The van der Waals surface area contributed by atoms with E-state index in [1.807, 2.05) is 60.7 Å². The number of hydrogen-bond acceptors (Lipinski definition) is 4. The maximum atomic E-state index is 4.84. The molecule has 1 aliphatic rings.